The molecule has 0 bridgehead atoms. The minimum absolute atomic E-state index is 0.0675. The summed E-state index contributed by atoms with van der Waals surface area (Å²) in [7, 11) is 0. The van der Waals surface area contributed by atoms with Crippen LogP contribution < -0.4 is 35.7 Å². The monoisotopic (exact) mass is 842 g/mol. The Hall–Kier alpha value is -8.08. The summed E-state index contributed by atoms with van der Waals surface area (Å²) >= 11 is 0. The van der Waals surface area contributed by atoms with Crippen molar-refractivity contribution in [2.45, 2.75) is 38.6 Å². The standard InChI is InChI=1S/C56H39BN4O4/c1-34-55(62-34)64-46-23-15-40(16-24-46)38-11-19-44(20-12-38)60-50-9-5-3-7-48(50)57-49-8-4-6-10-51(49)61(45-21-13-39(14-22-45)41-17-25-47(26-18-41)65-56-35(2)63-56)53-31-43(30-52(60)54(53)57)42-28-36(32-58)27-37(29-42)33-59/h3-31,34-35,55-56H,1-2H3. The van der Waals surface area contributed by atoms with Crippen molar-refractivity contribution in [3.63, 3.8) is 0 Å². The topological polar surface area (TPSA) is 97.6 Å². The number of epoxide rings is 2. The average molecular weight is 843 g/mol. The van der Waals surface area contributed by atoms with Gasteiger partial charge in [0.05, 0.1) is 23.3 Å². The Balaban J connectivity index is 1.00. The molecule has 4 atom stereocenters. The molecule has 2 saturated heterocycles. The number of para-hydroxylation sites is 2. The Morgan fingerprint density at radius 3 is 1.20 bits per heavy atom. The second-order valence-electron chi connectivity index (χ2n) is 17.0. The van der Waals surface area contributed by atoms with E-state index in [-0.39, 0.29) is 31.5 Å². The van der Waals surface area contributed by atoms with E-state index in [2.05, 4.69) is 155 Å². The zero-order valence-corrected chi connectivity index (χ0v) is 35.6. The van der Waals surface area contributed by atoms with Crippen molar-refractivity contribution in [2.24, 2.45) is 0 Å². The quantitative estimate of drug-likeness (QED) is 0.105. The highest BCUT2D eigenvalue weighted by molar-refractivity contribution is 7.00. The first-order valence-corrected chi connectivity index (χ1v) is 21.9. The number of benzene rings is 8. The molecule has 310 valence electrons. The van der Waals surface area contributed by atoms with Gasteiger partial charge >= 0.3 is 0 Å². The highest BCUT2D eigenvalue weighted by atomic mass is 16.8. The summed E-state index contributed by atoms with van der Waals surface area (Å²) in [5.41, 5.74) is 16.7. The van der Waals surface area contributed by atoms with Crippen LogP contribution in [0.5, 0.6) is 11.5 Å². The molecule has 0 saturated carbocycles. The fourth-order valence-electron chi connectivity index (χ4n) is 9.45. The van der Waals surface area contributed by atoms with Crippen LogP contribution in [0.2, 0.25) is 0 Å². The lowest BCUT2D eigenvalue weighted by molar-refractivity contribution is 0.178. The van der Waals surface area contributed by atoms with E-state index in [9.17, 15) is 10.5 Å². The van der Waals surface area contributed by atoms with Crippen molar-refractivity contribution in [3.05, 3.63) is 187 Å². The van der Waals surface area contributed by atoms with E-state index < -0.39 is 0 Å². The number of fused-ring (bicyclic) bond motifs is 4. The number of nitriles is 2. The van der Waals surface area contributed by atoms with Gasteiger partial charge in [0, 0.05) is 34.1 Å². The molecule has 8 aromatic rings. The second kappa shape index (κ2) is 15.3. The van der Waals surface area contributed by atoms with Crippen LogP contribution in [0.25, 0.3) is 33.4 Å². The molecule has 2 fully saturated rings. The molecule has 8 aromatic carbocycles. The molecule has 65 heavy (non-hydrogen) atoms. The van der Waals surface area contributed by atoms with E-state index in [4.69, 9.17) is 18.9 Å². The predicted octanol–water partition coefficient (Wildman–Crippen LogP) is 10.8. The number of ether oxygens (including phenoxy) is 4. The van der Waals surface area contributed by atoms with Gasteiger partial charge in [-0.05, 0) is 155 Å². The fraction of sp³-hybridized carbons (Fsp3) is 0.107. The summed E-state index contributed by atoms with van der Waals surface area (Å²) in [4.78, 5) is 4.73. The van der Waals surface area contributed by atoms with Crippen molar-refractivity contribution in [1.29, 1.82) is 10.5 Å². The number of rotatable bonds is 9. The van der Waals surface area contributed by atoms with E-state index in [0.717, 1.165) is 79.0 Å². The second-order valence-corrected chi connectivity index (χ2v) is 17.0. The lowest BCUT2D eigenvalue weighted by Gasteiger charge is -2.44. The molecule has 4 aliphatic heterocycles. The summed E-state index contributed by atoms with van der Waals surface area (Å²) in [5.74, 6) is 1.57. The first-order chi connectivity index (χ1) is 31.9. The van der Waals surface area contributed by atoms with Crippen molar-refractivity contribution in [1.82, 2.24) is 0 Å². The SMILES string of the molecule is CC1OC1Oc1ccc(-c2ccc(N3c4ccccc4B4c5ccccc5N(c5ccc(-c6ccc(OC7OC7C)cc6)cc5)c5cc(-c6cc(C#N)cc(C#N)c6)cc3c54)cc2)cc1. The molecule has 0 spiro atoms. The molecule has 12 rings (SSSR count). The van der Waals surface area contributed by atoms with Crippen LogP contribution in [0.4, 0.5) is 34.1 Å². The summed E-state index contributed by atoms with van der Waals surface area (Å²) in [6, 6.07) is 65.5. The van der Waals surface area contributed by atoms with E-state index in [1.54, 1.807) is 6.07 Å². The summed E-state index contributed by atoms with van der Waals surface area (Å²) < 4.78 is 22.7. The molecular weight excluding hydrogens is 803 g/mol. The Morgan fingerprint density at radius 1 is 0.446 bits per heavy atom. The van der Waals surface area contributed by atoms with Gasteiger partial charge in [-0.1, -0.05) is 84.9 Å². The van der Waals surface area contributed by atoms with Gasteiger partial charge in [-0.15, -0.1) is 0 Å². The third kappa shape index (κ3) is 6.86. The fourth-order valence-corrected chi connectivity index (χ4v) is 9.45. The normalized spacial score (nSPS) is 18.4. The van der Waals surface area contributed by atoms with Gasteiger partial charge in [-0.3, -0.25) is 0 Å². The van der Waals surface area contributed by atoms with Crippen molar-refractivity contribution in [2.75, 3.05) is 9.80 Å². The summed E-state index contributed by atoms with van der Waals surface area (Å²) in [6.45, 7) is 3.94. The molecule has 4 heterocycles. The zero-order chi connectivity index (χ0) is 43.8. The van der Waals surface area contributed by atoms with Gasteiger partial charge in [0.25, 0.3) is 6.71 Å². The first-order valence-electron chi connectivity index (χ1n) is 21.9. The van der Waals surface area contributed by atoms with Gasteiger partial charge in [0.1, 0.15) is 23.7 Å². The van der Waals surface area contributed by atoms with E-state index >= 15 is 0 Å². The Morgan fingerprint density at radius 2 is 0.815 bits per heavy atom. The maximum Gasteiger partial charge on any atom is 0.252 e. The molecule has 4 aliphatic rings. The Labute approximate surface area is 377 Å². The van der Waals surface area contributed by atoms with Gasteiger partial charge in [0.2, 0.25) is 12.6 Å². The summed E-state index contributed by atoms with van der Waals surface area (Å²) in [6.07, 6.45) is -0.118. The minimum Gasteiger partial charge on any atom is -0.462 e. The van der Waals surface area contributed by atoms with E-state index in [0.29, 0.717) is 11.1 Å². The average Bonchev–Trinajstić information content (AvgIpc) is 4.27. The number of hydrogen-bond acceptors (Lipinski definition) is 8. The Bertz CT molecular complexity index is 3040. The lowest BCUT2D eigenvalue weighted by atomic mass is 9.33. The van der Waals surface area contributed by atoms with Gasteiger partial charge in [0.15, 0.2) is 0 Å². The van der Waals surface area contributed by atoms with Crippen molar-refractivity contribution >= 4 is 57.2 Å². The molecule has 9 heteroatoms. The molecule has 4 unspecified atom stereocenters. The Kier molecular flexibility index (Phi) is 9.10. The summed E-state index contributed by atoms with van der Waals surface area (Å²) in [5, 5.41) is 20.2. The minimum atomic E-state index is -0.178. The molecule has 0 amide bonds. The van der Waals surface area contributed by atoms with Gasteiger partial charge in [-0.2, -0.15) is 10.5 Å². The third-order valence-corrected chi connectivity index (χ3v) is 12.9. The highest BCUT2D eigenvalue weighted by Crippen LogP contribution is 2.46. The maximum atomic E-state index is 10.1. The van der Waals surface area contributed by atoms with Crippen LogP contribution >= 0.6 is 0 Å². The first kappa shape index (κ1) is 38.6. The van der Waals surface area contributed by atoms with Crippen molar-refractivity contribution in [3.8, 4) is 57.0 Å². The third-order valence-electron chi connectivity index (χ3n) is 12.9. The van der Waals surface area contributed by atoms with Crippen LogP contribution in [-0.4, -0.2) is 31.5 Å². The maximum absolute atomic E-state index is 10.1. The van der Waals surface area contributed by atoms with E-state index in [1.165, 1.54) is 16.4 Å². The smallest absolute Gasteiger partial charge is 0.252 e. The molecule has 0 N–H and O–H groups in total. The molecule has 0 aromatic heterocycles. The van der Waals surface area contributed by atoms with Crippen LogP contribution in [-0.2, 0) is 9.47 Å². The largest absolute Gasteiger partial charge is 0.462 e. The van der Waals surface area contributed by atoms with Crippen molar-refractivity contribution < 1.29 is 18.9 Å². The number of nitrogens with zero attached hydrogens (tertiary/aromatic N) is 4. The van der Waals surface area contributed by atoms with Crippen LogP contribution in [0.3, 0.4) is 0 Å². The molecular formula is C56H39BN4O4. The van der Waals surface area contributed by atoms with Gasteiger partial charge < -0.3 is 28.7 Å². The van der Waals surface area contributed by atoms with Crippen LogP contribution in [0.1, 0.15) is 25.0 Å². The van der Waals surface area contributed by atoms with E-state index in [1.807, 2.05) is 50.2 Å². The zero-order valence-electron chi connectivity index (χ0n) is 35.6. The predicted molar refractivity (Wildman–Crippen MR) is 256 cm³/mol. The van der Waals surface area contributed by atoms with Crippen LogP contribution in [0, 0.1) is 22.7 Å². The van der Waals surface area contributed by atoms with Gasteiger partial charge in [-0.25, -0.2) is 0 Å². The number of hydrogen-bond donors (Lipinski definition) is 0. The lowest BCUT2D eigenvalue weighted by Crippen LogP contribution is -2.61. The molecule has 0 aliphatic carbocycles. The number of anilines is 6. The molecule has 0 radical (unpaired) electrons. The highest BCUT2D eigenvalue weighted by Gasteiger charge is 2.43. The van der Waals surface area contributed by atoms with Crippen LogP contribution in [0.15, 0.2) is 176 Å². The molecule has 8 nitrogen and oxygen atoms in total.